The number of aromatic hydroxyl groups is 1. The lowest BCUT2D eigenvalue weighted by Gasteiger charge is -2.00. The molecule has 0 heterocycles. The maximum atomic E-state index is 11.8. The van der Waals surface area contributed by atoms with E-state index in [2.05, 4.69) is 6.58 Å². The normalized spacial score (nSPS) is 10.8. The van der Waals surface area contributed by atoms with Gasteiger partial charge >= 0.3 is 5.97 Å². The smallest absolute Gasteiger partial charge is 0.335 e. The molecule has 2 aromatic rings. The zero-order valence-corrected chi connectivity index (χ0v) is 12.9. The van der Waals surface area contributed by atoms with Crippen LogP contribution in [-0.2, 0) is 9.59 Å². The summed E-state index contributed by atoms with van der Waals surface area (Å²) >= 11 is 0. The van der Waals surface area contributed by atoms with Gasteiger partial charge in [0.15, 0.2) is 5.78 Å². The van der Waals surface area contributed by atoms with Crippen LogP contribution in [0, 0.1) is 0 Å². The van der Waals surface area contributed by atoms with Gasteiger partial charge < -0.3 is 9.84 Å². The van der Waals surface area contributed by atoms with Gasteiger partial charge in [-0.05, 0) is 47.5 Å². The second-order valence-electron chi connectivity index (χ2n) is 4.85. The van der Waals surface area contributed by atoms with Gasteiger partial charge in [0.1, 0.15) is 11.5 Å². The highest BCUT2D eigenvalue weighted by molar-refractivity contribution is 6.04. The Balaban J connectivity index is 1.94. The third-order valence-corrected chi connectivity index (χ3v) is 3.04. The average molecular weight is 320 g/mol. The molecule has 0 bridgehead atoms. The van der Waals surface area contributed by atoms with E-state index in [0.29, 0.717) is 5.75 Å². The Labute approximate surface area is 140 Å². The third kappa shape index (κ3) is 5.42. The fourth-order valence-electron chi connectivity index (χ4n) is 1.80. The molecule has 0 saturated heterocycles. The highest BCUT2D eigenvalue weighted by Gasteiger charge is 1.99. The van der Waals surface area contributed by atoms with Crippen molar-refractivity contribution in [1.29, 1.82) is 0 Å². The second kappa shape index (κ2) is 8.29. The van der Waals surface area contributed by atoms with E-state index >= 15 is 0 Å². The predicted octanol–water partition coefficient (Wildman–Crippen LogP) is 3.78. The summed E-state index contributed by atoms with van der Waals surface area (Å²) in [6.45, 7) is 3.32. The summed E-state index contributed by atoms with van der Waals surface area (Å²) in [7, 11) is 0. The van der Waals surface area contributed by atoms with Gasteiger partial charge in [0, 0.05) is 6.08 Å². The summed E-state index contributed by atoms with van der Waals surface area (Å²) in [6, 6.07) is 13.3. The predicted molar refractivity (Wildman–Crippen MR) is 93.5 cm³/mol. The number of benzene rings is 2. The fourth-order valence-corrected chi connectivity index (χ4v) is 1.80. The van der Waals surface area contributed by atoms with Gasteiger partial charge in [-0.1, -0.05) is 43.0 Å². The molecule has 24 heavy (non-hydrogen) atoms. The van der Waals surface area contributed by atoms with Crippen LogP contribution in [0.25, 0.3) is 12.2 Å². The van der Waals surface area contributed by atoms with E-state index in [0.717, 1.165) is 17.2 Å². The van der Waals surface area contributed by atoms with Crippen LogP contribution in [-0.4, -0.2) is 16.9 Å². The average Bonchev–Trinajstić information content (AvgIpc) is 2.60. The molecule has 0 amide bonds. The first-order valence-electron chi connectivity index (χ1n) is 7.20. The maximum absolute atomic E-state index is 11.8. The van der Waals surface area contributed by atoms with Gasteiger partial charge in [-0.25, -0.2) is 4.79 Å². The number of phenols is 1. The number of phenolic OH excluding ortho intramolecular Hbond substituents is 1. The Morgan fingerprint density at radius 3 is 1.88 bits per heavy atom. The number of ether oxygens (including phenoxy) is 1. The second-order valence-corrected chi connectivity index (χ2v) is 4.85. The molecule has 0 atom stereocenters. The molecule has 0 aliphatic carbocycles. The van der Waals surface area contributed by atoms with Crippen molar-refractivity contribution in [3.8, 4) is 11.5 Å². The molecule has 0 spiro atoms. The highest BCUT2D eigenvalue weighted by atomic mass is 16.5. The molecule has 0 aromatic heterocycles. The van der Waals surface area contributed by atoms with E-state index in [1.54, 1.807) is 60.7 Å². The number of hydrogen-bond donors (Lipinski definition) is 1. The molecular weight excluding hydrogens is 304 g/mol. The van der Waals surface area contributed by atoms with Crippen molar-refractivity contribution in [2.75, 3.05) is 0 Å². The van der Waals surface area contributed by atoms with Crippen molar-refractivity contribution in [2.24, 2.45) is 0 Å². The summed E-state index contributed by atoms with van der Waals surface area (Å²) in [4.78, 5) is 22.9. The lowest BCUT2D eigenvalue weighted by atomic mass is 10.1. The molecule has 1 N–H and O–H groups in total. The molecule has 2 rings (SSSR count). The van der Waals surface area contributed by atoms with Gasteiger partial charge in [-0.15, -0.1) is 0 Å². The van der Waals surface area contributed by atoms with Gasteiger partial charge in [0.25, 0.3) is 0 Å². The van der Waals surface area contributed by atoms with Crippen LogP contribution in [0.1, 0.15) is 11.1 Å². The van der Waals surface area contributed by atoms with Crippen LogP contribution < -0.4 is 4.74 Å². The summed E-state index contributed by atoms with van der Waals surface area (Å²) in [6.07, 6.45) is 7.32. The minimum Gasteiger partial charge on any atom is -0.508 e. The number of hydrogen-bond acceptors (Lipinski definition) is 4. The Hall–Kier alpha value is -3.40. The minimum atomic E-state index is -0.521. The van der Waals surface area contributed by atoms with Crippen molar-refractivity contribution in [3.05, 3.63) is 84.5 Å². The van der Waals surface area contributed by atoms with E-state index in [1.807, 2.05) is 0 Å². The maximum Gasteiger partial charge on any atom is 0.335 e. The lowest BCUT2D eigenvalue weighted by Crippen LogP contribution is -2.02. The van der Waals surface area contributed by atoms with E-state index in [-0.39, 0.29) is 11.5 Å². The fraction of sp³-hybridized carbons (Fsp3) is 0. The molecule has 0 unspecified atom stereocenters. The Bertz CT molecular complexity index is 781. The number of esters is 1. The van der Waals surface area contributed by atoms with Crippen LogP contribution in [0.5, 0.6) is 11.5 Å². The summed E-state index contributed by atoms with van der Waals surface area (Å²) in [5.74, 6) is -0.0886. The first-order chi connectivity index (χ1) is 11.6. The largest absolute Gasteiger partial charge is 0.508 e. The SMILES string of the molecule is C=CC(=O)Oc1ccc(/C=C/C(=O)/C=C/c2ccc(O)cc2)cc1. The quantitative estimate of drug-likeness (QED) is 0.500. The molecule has 0 saturated carbocycles. The van der Waals surface area contributed by atoms with Crippen molar-refractivity contribution >= 4 is 23.9 Å². The minimum absolute atomic E-state index is 0.162. The molecule has 120 valence electrons. The van der Waals surface area contributed by atoms with Gasteiger partial charge in [0.2, 0.25) is 0 Å². The highest BCUT2D eigenvalue weighted by Crippen LogP contribution is 2.14. The van der Waals surface area contributed by atoms with E-state index in [1.165, 1.54) is 12.2 Å². The lowest BCUT2D eigenvalue weighted by molar-refractivity contribution is -0.129. The number of allylic oxidation sites excluding steroid dienone is 2. The van der Waals surface area contributed by atoms with Gasteiger partial charge in [-0.2, -0.15) is 0 Å². The first-order valence-corrected chi connectivity index (χ1v) is 7.20. The molecular formula is C20H16O4. The standard InChI is InChI=1S/C20H16O4/c1-2-20(23)24-19-13-7-16(8-14-19)6-12-18(22)11-5-15-3-9-17(21)10-4-15/h2-14,21H,1H2/b11-5+,12-6+. The van der Waals surface area contributed by atoms with E-state index in [9.17, 15) is 14.7 Å². The van der Waals surface area contributed by atoms with Crippen LogP contribution in [0.15, 0.2) is 73.3 Å². The molecule has 4 heteroatoms. The van der Waals surface area contributed by atoms with E-state index < -0.39 is 5.97 Å². The van der Waals surface area contributed by atoms with Crippen molar-refractivity contribution in [2.45, 2.75) is 0 Å². The third-order valence-electron chi connectivity index (χ3n) is 3.04. The monoisotopic (exact) mass is 320 g/mol. The summed E-state index contributed by atoms with van der Waals surface area (Å²) < 4.78 is 4.96. The van der Waals surface area contributed by atoms with Crippen molar-refractivity contribution < 1.29 is 19.4 Å². The van der Waals surface area contributed by atoms with Crippen LogP contribution in [0.4, 0.5) is 0 Å². The molecule has 0 aliphatic rings. The molecule has 0 aliphatic heterocycles. The Morgan fingerprint density at radius 2 is 1.38 bits per heavy atom. The Morgan fingerprint density at radius 1 is 0.875 bits per heavy atom. The van der Waals surface area contributed by atoms with Gasteiger partial charge in [-0.3, -0.25) is 4.79 Å². The number of ketones is 1. The Kier molecular flexibility index (Phi) is 5.86. The zero-order valence-electron chi connectivity index (χ0n) is 12.9. The van der Waals surface area contributed by atoms with Crippen LogP contribution >= 0.6 is 0 Å². The van der Waals surface area contributed by atoms with Crippen LogP contribution in [0.3, 0.4) is 0 Å². The molecule has 0 fully saturated rings. The number of carbonyl (C=O) groups is 2. The van der Waals surface area contributed by atoms with Crippen molar-refractivity contribution in [3.63, 3.8) is 0 Å². The van der Waals surface area contributed by atoms with Crippen molar-refractivity contribution in [1.82, 2.24) is 0 Å². The summed E-state index contributed by atoms with van der Waals surface area (Å²) in [5.41, 5.74) is 1.63. The summed E-state index contributed by atoms with van der Waals surface area (Å²) in [5, 5.41) is 9.19. The number of rotatable bonds is 6. The first kappa shape index (κ1) is 17.0. The van der Waals surface area contributed by atoms with E-state index in [4.69, 9.17) is 4.74 Å². The molecule has 0 radical (unpaired) electrons. The zero-order chi connectivity index (χ0) is 17.4. The molecule has 2 aromatic carbocycles. The topological polar surface area (TPSA) is 63.6 Å². The number of carbonyl (C=O) groups excluding carboxylic acids is 2. The van der Waals surface area contributed by atoms with Gasteiger partial charge in [0.05, 0.1) is 0 Å². The molecule has 4 nitrogen and oxygen atoms in total. The van der Waals surface area contributed by atoms with Crippen LogP contribution in [0.2, 0.25) is 0 Å².